The van der Waals surface area contributed by atoms with Crippen molar-refractivity contribution in [2.75, 3.05) is 5.32 Å². The third-order valence-electron chi connectivity index (χ3n) is 2.75. The van der Waals surface area contributed by atoms with E-state index < -0.39 is 11.6 Å². The first-order chi connectivity index (χ1) is 8.58. The van der Waals surface area contributed by atoms with E-state index in [-0.39, 0.29) is 0 Å². The Hall–Kier alpha value is -1.42. The van der Waals surface area contributed by atoms with E-state index in [4.69, 9.17) is 0 Å². The molecule has 2 rings (SSSR count). The monoisotopic (exact) mass is 311 g/mol. The molecule has 1 N–H and O–H groups in total. The second-order valence-corrected chi connectivity index (χ2v) is 4.86. The Morgan fingerprint density at radius 1 is 1.17 bits per heavy atom. The minimum Gasteiger partial charge on any atom is -0.381 e. The van der Waals surface area contributed by atoms with Gasteiger partial charge in [0.2, 0.25) is 0 Å². The fourth-order valence-electron chi connectivity index (χ4n) is 1.65. The molecule has 0 saturated carbocycles. The van der Waals surface area contributed by atoms with Crippen molar-refractivity contribution in [3.8, 4) is 0 Å². The van der Waals surface area contributed by atoms with Crippen LogP contribution in [0.1, 0.15) is 11.1 Å². The topological polar surface area (TPSA) is 12.0 Å². The van der Waals surface area contributed by atoms with E-state index in [9.17, 15) is 8.78 Å². The van der Waals surface area contributed by atoms with Crippen LogP contribution >= 0.6 is 15.9 Å². The molecule has 0 saturated heterocycles. The van der Waals surface area contributed by atoms with Gasteiger partial charge in [-0.15, -0.1) is 0 Å². The lowest BCUT2D eigenvalue weighted by Crippen LogP contribution is -2.03. The van der Waals surface area contributed by atoms with Crippen LogP contribution < -0.4 is 5.32 Å². The highest BCUT2D eigenvalue weighted by molar-refractivity contribution is 9.10. The van der Waals surface area contributed by atoms with Gasteiger partial charge in [0, 0.05) is 28.3 Å². The van der Waals surface area contributed by atoms with E-state index in [0.717, 1.165) is 21.8 Å². The lowest BCUT2D eigenvalue weighted by molar-refractivity contribution is 0.574. The van der Waals surface area contributed by atoms with Gasteiger partial charge < -0.3 is 5.32 Å². The summed E-state index contributed by atoms with van der Waals surface area (Å²) < 4.78 is 27.2. The fraction of sp³-hybridized carbons (Fsp3) is 0.143. The largest absolute Gasteiger partial charge is 0.381 e. The fourth-order valence-corrected chi connectivity index (χ4v) is 2.02. The van der Waals surface area contributed by atoms with Crippen molar-refractivity contribution in [1.29, 1.82) is 0 Å². The SMILES string of the molecule is Cc1c(Br)cccc1NCc1ccc(F)cc1F. The summed E-state index contributed by atoms with van der Waals surface area (Å²) in [5.74, 6) is -1.09. The Kier molecular flexibility index (Phi) is 3.97. The van der Waals surface area contributed by atoms with Gasteiger partial charge in [-0.3, -0.25) is 0 Å². The third kappa shape index (κ3) is 2.88. The maximum Gasteiger partial charge on any atom is 0.131 e. The van der Waals surface area contributed by atoms with Crippen LogP contribution in [-0.2, 0) is 6.54 Å². The number of halogens is 3. The van der Waals surface area contributed by atoms with Gasteiger partial charge >= 0.3 is 0 Å². The summed E-state index contributed by atoms with van der Waals surface area (Å²) in [6.45, 7) is 2.29. The quantitative estimate of drug-likeness (QED) is 0.870. The predicted octanol–water partition coefficient (Wildman–Crippen LogP) is 4.65. The first kappa shape index (κ1) is 13.0. The van der Waals surface area contributed by atoms with E-state index in [0.29, 0.717) is 12.1 Å². The number of rotatable bonds is 3. The van der Waals surface area contributed by atoms with Crippen molar-refractivity contribution in [2.45, 2.75) is 13.5 Å². The molecule has 0 atom stereocenters. The first-order valence-corrected chi connectivity index (χ1v) is 6.30. The molecule has 0 heterocycles. The van der Waals surface area contributed by atoms with Crippen molar-refractivity contribution < 1.29 is 8.78 Å². The van der Waals surface area contributed by atoms with Crippen molar-refractivity contribution in [1.82, 2.24) is 0 Å². The van der Waals surface area contributed by atoms with Crippen LogP contribution in [0.2, 0.25) is 0 Å². The minimum absolute atomic E-state index is 0.323. The third-order valence-corrected chi connectivity index (χ3v) is 3.61. The molecule has 0 fully saturated rings. The standard InChI is InChI=1S/C14H12BrF2N/c1-9-12(15)3-2-4-14(9)18-8-10-5-6-11(16)7-13(10)17/h2-7,18H,8H2,1H3. The molecule has 2 aromatic carbocycles. The molecule has 1 nitrogen and oxygen atoms in total. The van der Waals surface area contributed by atoms with Crippen LogP contribution in [0, 0.1) is 18.6 Å². The van der Waals surface area contributed by atoms with Crippen LogP contribution in [0.25, 0.3) is 0 Å². The molecular weight excluding hydrogens is 300 g/mol. The van der Waals surface area contributed by atoms with E-state index in [1.54, 1.807) is 0 Å². The molecule has 0 bridgehead atoms. The Bertz CT molecular complexity index is 570. The van der Waals surface area contributed by atoms with E-state index in [2.05, 4.69) is 21.2 Å². The zero-order chi connectivity index (χ0) is 13.1. The van der Waals surface area contributed by atoms with Gasteiger partial charge in [0.15, 0.2) is 0 Å². The van der Waals surface area contributed by atoms with Gasteiger partial charge in [-0.2, -0.15) is 0 Å². The molecule has 4 heteroatoms. The summed E-state index contributed by atoms with van der Waals surface area (Å²) in [5.41, 5.74) is 2.42. The summed E-state index contributed by atoms with van der Waals surface area (Å²) in [6, 6.07) is 9.37. The summed E-state index contributed by atoms with van der Waals surface area (Å²) in [4.78, 5) is 0. The number of hydrogen-bond acceptors (Lipinski definition) is 1. The highest BCUT2D eigenvalue weighted by Gasteiger charge is 2.05. The molecule has 0 amide bonds. The van der Waals surface area contributed by atoms with Gasteiger partial charge in [0.1, 0.15) is 11.6 Å². The highest BCUT2D eigenvalue weighted by atomic mass is 79.9. The Morgan fingerprint density at radius 2 is 1.94 bits per heavy atom. The van der Waals surface area contributed by atoms with Crippen molar-refractivity contribution in [2.24, 2.45) is 0 Å². The van der Waals surface area contributed by atoms with Crippen molar-refractivity contribution >= 4 is 21.6 Å². The van der Waals surface area contributed by atoms with Crippen LogP contribution in [0.4, 0.5) is 14.5 Å². The zero-order valence-electron chi connectivity index (χ0n) is 9.81. The average Bonchev–Trinajstić information content (AvgIpc) is 2.33. The van der Waals surface area contributed by atoms with Crippen LogP contribution in [0.15, 0.2) is 40.9 Å². The molecule has 0 unspecified atom stereocenters. The molecule has 0 radical (unpaired) electrons. The molecule has 0 aliphatic rings. The summed E-state index contributed by atoms with van der Waals surface area (Å²) in [6.07, 6.45) is 0. The maximum absolute atomic E-state index is 13.4. The molecule has 2 aromatic rings. The number of anilines is 1. The lowest BCUT2D eigenvalue weighted by Gasteiger charge is -2.11. The number of hydrogen-bond donors (Lipinski definition) is 1. The summed E-state index contributed by atoms with van der Waals surface area (Å²) >= 11 is 3.43. The van der Waals surface area contributed by atoms with Crippen molar-refractivity contribution in [3.63, 3.8) is 0 Å². The highest BCUT2D eigenvalue weighted by Crippen LogP contribution is 2.24. The number of benzene rings is 2. The van der Waals surface area contributed by atoms with E-state index in [1.165, 1.54) is 12.1 Å². The molecule has 0 aliphatic carbocycles. The second kappa shape index (κ2) is 5.48. The predicted molar refractivity (Wildman–Crippen MR) is 72.6 cm³/mol. The molecular formula is C14H12BrF2N. The Morgan fingerprint density at radius 3 is 2.67 bits per heavy atom. The second-order valence-electron chi connectivity index (χ2n) is 4.00. The number of nitrogens with one attached hydrogen (secondary N) is 1. The van der Waals surface area contributed by atoms with Gasteiger partial charge in [-0.05, 0) is 30.7 Å². The average molecular weight is 312 g/mol. The van der Waals surface area contributed by atoms with Gasteiger partial charge in [-0.25, -0.2) is 8.78 Å². The smallest absolute Gasteiger partial charge is 0.131 e. The van der Waals surface area contributed by atoms with Gasteiger partial charge in [-0.1, -0.05) is 28.1 Å². The minimum atomic E-state index is -0.560. The first-order valence-electron chi connectivity index (χ1n) is 5.51. The molecule has 18 heavy (non-hydrogen) atoms. The molecule has 0 aliphatic heterocycles. The molecule has 0 aromatic heterocycles. The van der Waals surface area contributed by atoms with Crippen LogP contribution in [0.5, 0.6) is 0 Å². The Balaban J connectivity index is 2.14. The van der Waals surface area contributed by atoms with Crippen molar-refractivity contribution in [3.05, 3.63) is 63.6 Å². The molecule has 94 valence electrons. The van der Waals surface area contributed by atoms with Crippen LogP contribution in [-0.4, -0.2) is 0 Å². The van der Waals surface area contributed by atoms with Crippen LogP contribution in [0.3, 0.4) is 0 Å². The normalized spacial score (nSPS) is 10.4. The lowest BCUT2D eigenvalue weighted by atomic mass is 10.1. The maximum atomic E-state index is 13.4. The van der Waals surface area contributed by atoms with E-state index in [1.807, 2.05) is 25.1 Å². The summed E-state index contributed by atoms with van der Waals surface area (Å²) in [5, 5.41) is 3.14. The molecule has 0 spiro atoms. The Labute approximate surface area is 113 Å². The van der Waals surface area contributed by atoms with Gasteiger partial charge in [0.25, 0.3) is 0 Å². The van der Waals surface area contributed by atoms with Gasteiger partial charge in [0.05, 0.1) is 0 Å². The summed E-state index contributed by atoms with van der Waals surface area (Å²) in [7, 11) is 0. The van der Waals surface area contributed by atoms with E-state index >= 15 is 0 Å². The zero-order valence-corrected chi connectivity index (χ0v) is 11.4.